The highest BCUT2D eigenvalue weighted by Gasteiger charge is 2.24. The lowest BCUT2D eigenvalue weighted by Gasteiger charge is -2.34. The van der Waals surface area contributed by atoms with Crippen molar-refractivity contribution < 1.29 is 9.53 Å². The van der Waals surface area contributed by atoms with Crippen LogP contribution < -0.4 is 15.2 Å². The molecular formula is C17H21N5O3. The second kappa shape index (κ2) is 6.92. The third kappa shape index (κ3) is 3.62. The van der Waals surface area contributed by atoms with E-state index in [4.69, 9.17) is 4.74 Å². The van der Waals surface area contributed by atoms with Crippen molar-refractivity contribution in [2.45, 2.75) is 6.92 Å². The Morgan fingerprint density at radius 2 is 1.88 bits per heavy atom. The Hall–Kier alpha value is -2.90. The number of nitrogens with zero attached hydrogens (tertiary/aromatic N) is 5. The summed E-state index contributed by atoms with van der Waals surface area (Å²) in [7, 11) is 3.23. The van der Waals surface area contributed by atoms with Gasteiger partial charge in [0.05, 0.1) is 7.11 Å². The average molecular weight is 343 g/mol. The molecule has 0 radical (unpaired) electrons. The quantitative estimate of drug-likeness (QED) is 0.805. The molecule has 1 aliphatic heterocycles. The summed E-state index contributed by atoms with van der Waals surface area (Å²) in [6, 6.07) is 4.83. The number of pyridine rings is 1. The van der Waals surface area contributed by atoms with Crippen molar-refractivity contribution in [3.8, 4) is 5.88 Å². The standard InChI is InChI=1S/C17H21N5O3/c1-12-10-14(25-3)19-17(18-12)22-8-6-21(7-9-22)16(24)13-4-5-20(2)15(23)11-13/h4-5,10-11H,6-9H2,1-3H3. The van der Waals surface area contributed by atoms with E-state index in [0.717, 1.165) is 5.69 Å². The zero-order valence-corrected chi connectivity index (χ0v) is 14.6. The van der Waals surface area contributed by atoms with E-state index in [1.807, 2.05) is 11.8 Å². The molecule has 0 aromatic carbocycles. The fourth-order valence-electron chi connectivity index (χ4n) is 2.74. The maximum Gasteiger partial charge on any atom is 0.254 e. The second-order valence-corrected chi connectivity index (χ2v) is 6.00. The Labute approximate surface area is 145 Å². The van der Waals surface area contributed by atoms with Crippen LogP contribution in [-0.4, -0.2) is 58.6 Å². The zero-order chi connectivity index (χ0) is 18.0. The summed E-state index contributed by atoms with van der Waals surface area (Å²) >= 11 is 0. The first kappa shape index (κ1) is 16.9. The van der Waals surface area contributed by atoms with Gasteiger partial charge in [-0.2, -0.15) is 4.98 Å². The van der Waals surface area contributed by atoms with Crippen molar-refractivity contribution in [3.63, 3.8) is 0 Å². The fraction of sp³-hybridized carbons (Fsp3) is 0.412. The molecule has 0 unspecified atom stereocenters. The van der Waals surface area contributed by atoms with Gasteiger partial charge in [-0.1, -0.05) is 0 Å². The van der Waals surface area contributed by atoms with Crippen molar-refractivity contribution in [1.29, 1.82) is 0 Å². The molecule has 2 aromatic heterocycles. The Morgan fingerprint density at radius 3 is 2.52 bits per heavy atom. The third-order valence-corrected chi connectivity index (χ3v) is 4.23. The van der Waals surface area contributed by atoms with Crippen LogP contribution in [0.4, 0.5) is 5.95 Å². The summed E-state index contributed by atoms with van der Waals surface area (Å²) in [5.41, 5.74) is 1.07. The number of aryl methyl sites for hydroxylation is 2. The summed E-state index contributed by atoms with van der Waals surface area (Å²) in [6.45, 7) is 4.25. The van der Waals surface area contributed by atoms with Crippen LogP contribution in [-0.2, 0) is 7.05 Å². The highest BCUT2D eigenvalue weighted by atomic mass is 16.5. The molecule has 25 heavy (non-hydrogen) atoms. The predicted octanol–water partition coefficient (Wildman–Crippen LogP) is 0.455. The third-order valence-electron chi connectivity index (χ3n) is 4.23. The van der Waals surface area contributed by atoms with Crippen LogP contribution in [0.1, 0.15) is 16.1 Å². The molecule has 1 aliphatic rings. The topological polar surface area (TPSA) is 80.6 Å². The highest BCUT2D eigenvalue weighted by molar-refractivity contribution is 5.94. The van der Waals surface area contributed by atoms with Gasteiger partial charge < -0.3 is 19.1 Å². The molecule has 0 spiro atoms. The van der Waals surface area contributed by atoms with E-state index in [0.29, 0.717) is 43.6 Å². The van der Waals surface area contributed by atoms with Gasteiger partial charge in [0.1, 0.15) is 0 Å². The molecule has 0 aliphatic carbocycles. The van der Waals surface area contributed by atoms with Gasteiger partial charge in [-0.25, -0.2) is 4.98 Å². The number of methoxy groups -OCH3 is 1. The molecule has 0 atom stereocenters. The minimum Gasteiger partial charge on any atom is -0.481 e. The number of carbonyl (C=O) groups is 1. The Balaban J connectivity index is 1.69. The van der Waals surface area contributed by atoms with E-state index >= 15 is 0 Å². The highest BCUT2D eigenvalue weighted by Crippen LogP contribution is 2.17. The van der Waals surface area contributed by atoms with Gasteiger partial charge in [-0.3, -0.25) is 9.59 Å². The molecular weight excluding hydrogens is 322 g/mol. The van der Waals surface area contributed by atoms with Crippen molar-refractivity contribution >= 4 is 11.9 Å². The molecule has 2 aromatic rings. The number of hydrogen-bond acceptors (Lipinski definition) is 6. The van der Waals surface area contributed by atoms with Crippen LogP contribution in [0, 0.1) is 6.92 Å². The Kier molecular flexibility index (Phi) is 4.69. The van der Waals surface area contributed by atoms with Crippen LogP contribution in [0.2, 0.25) is 0 Å². The van der Waals surface area contributed by atoms with Crippen LogP contribution in [0.3, 0.4) is 0 Å². The molecule has 0 saturated carbocycles. The number of piperazine rings is 1. The molecule has 0 bridgehead atoms. The summed E-state index contributed by atoms with van der Waals surface area (Å²) in [5, 5.41) is 0. The summed E-state index contributed by atoms with van der Waals surface area (Å²) in [4.78, 5) is 36.9. The molecule has 0 N–H and O–H groups in total. The number of anilines is 1. The number of amides is 1. The van der Waals surface area contributed by atoms with E-state index in [9.17, 15) is 9.59 Å². The lowest BCUT2D eigenvalue weighted by molar-refractivity contribution is 0.0746. The van der Waals surface area contributed by atoms with Crippen LogP contribution in [0.5, 0.6) is 5.88 Å². The van der Waals surface area contributed by atoms with Gasteiger partial charge in [-0.15, -0.1) is 0 Å². The van der Waals surface area contributed by atoms with Crippen LogP contribution in [0.25, 0.3) is 0 Å². The summed E-state index contributed by atoms with van der Waals surface area (Å²) in [5.74, 6) is 1.01. The molecule has 132 valence electrons. The maximum absolute atomic E-state index is 12.6. The largest absolute Gasteiger partial charge is 0.481 e. The monoisotopic (exact) mass is 343 g/mol. The minimum absolute atomic E-state index is 0.125. The van der Waals surface area contributed by atoms with Crippen molar-refractivity contribution in [2.75, 3.05) is 38.2 Å². The second-order valence-electron chi connectivity index (χ2n) is 6.00. The molecule has 1 amide bonds. The predicted molar refractivity (Wildman–Crippen MR) is 93.1 cm³/mol. The first-order valence-corrected chi connectivity index (χ1v) is 8.08. The van der Waals surface area contributed by atoms with Gasteiger partial charge in [0.15, 0.2) is 0 Å². The number of rotatable bonds is 3. The summed E-state index contributed by atoms with van der Waals surface area (Å²) in [6.07, 6.45) is 1.61. The normalized spacial score (nSPS) is 14.5. The lowest BCUT2D eigenvalue weighted by Crippen LogP contribution is -2.49. The molecule has 8 heteroatoms. The van der Waals surface area contributed by atoms with Gasteiger partial charge in [0, 0.05) is 62.8 Å². The van der Waals surface area contributed by atoms with Gasteiger partial charge >= 0.3 is 0 Å². The number of aromatic nitrogens is 3. The van der Waals surface area contributed by atoms with E-state index in [1.165, 1.54) is 10.6 Å². The van der Waals surface area contributed by atoms with Crippen LogP contribution >= 0.6 is 0 Å². The average Bonchev–Trinajstić information content (AvgIpc) is 2.63. The number of carbonyl (C=O) groups excluding carboxylic acids is 1. The Morgan fingerprint density at radius 1 is 1.16 bits per heavy atom. The van der Waals surface area contributed by atoms with Gasteiger partial charge in [0.25, 0.3) is 11.5 Å². The molecule has 1 fully saturated rings. The number of ether oxygens (including phenoxy) is 1. The van der Waals surface area contributed by atoms with Crippen molar-refractivity contribution in [1.82, 2.24) is 19.4 Å². The lowest BCUT2D eigenvalue weighted by atomic mass is 10.2. The summed E-state index contributed by atoms with van der Waals surface area (Å²) < 4.78 is 6.63. The first-order valence-electron chi connectivity index (χ1n) is 8.08. The molecule has 3 rings (SSSR count). The Bertz CT molecular complexity index is 840. The van der Waals surface area contributed by atoms with E-state index < -0.39 is 0 Å². The zero-order valence-electron chi connectivity index (χ0n) is 14.6. The molecule has 8 nitrogen and oxygen atoms in total. The smallest absolute Gasteiger partial charge is 0.254 e. The van der Waals surface area contributed by atoms with Gasteiger partial charge in [0.2, 0.25) is 11.8 Å². The molecule has 3 heterocycles. The van der Waals surface area contributed by atoms with E-state index in [-0.39, 0.29) is 11.5 Å². The fourth-order valence-corrected chi connectivity index (χ4v) is 2.74. The van der Waals surface area contributed by atoms with E-state index in [2.05, 4.69) is 9.97 Å². The van der Waals surface area contributed by atoms with Crippen molar-refractivity contribution in [3.05, 3.63) is 46.0 Å². The SMILES string of the molecule is COc1cc(C)nc(N2CCN(C(=O)c3ccn(C)c(=O)c3)CC2)n1. The minimum atomic E-state index is -0.190. The first-order chi connectivity index (χ1) is 12.0. The molecule has 1 saturated heterocycles. The van der Waals surface area contributed by atoms with Crippen molar-refractivity contribution in [2.24, 2.45) is 7.05 Å². The van der Waals surface area contributed by atoms with E-state index in [1.54, 1.807) is 37.4 Å². The maximum atomic E-state index is 12.6. The van der Waals surface area contributed by atoms with Crippen LogP contribution in [0.15, 0.2) is 29.2 Å². The van der Waals surface area contributed by atoms with Gasteiger partial charge in [-0.05, 0) is 13.0 Å². The number of hydrogen-bond donors (Lipinski definition) is 0.